The fourth-order valence-corrected chi connectivity index (χ4v) is 1.74. The van der Waals surface area contributed by atoms with Gasteiger partial charge in [0.2, 0.25) is 5.91 Å². The summed E-state index contributed by atoms with van der Waals surface area (Å²) >= 11 is 0. The minimum absolute atomic E-state index is 0.212. The number of amides is 1. The van der Waals surface area contributed by atoms with Crippen LogP contribution in [0.5, 0.6) is 0 Å². The summed E-state index contributed by atoms with van der Waals surface area (Å²) in [5.74, 6) is -1.21. The molecule has 0 aliphatic carbocycles. The van der Waals surface area contributed by atoms with E-state index in [4.69, 9.17) is 9.84 Å². The summed E-state index contributed by atoms with van der Waals surface area (Å²) in [5.41, 5.74) is 0. The molecule has 0 aromatic carbocycles. The van der Waals surface area contributed by atoms with E-state index in [-0.39, 0.29) is 5.91 Å². The first-order valence-corrected chi connectivity index (χ1v) is 6.28. The predicted molar refractivity (Wildman–Crippen MR) is 66.3 cm³/mol. The molecule has 6 heteroatoms. The van der Waals surface area contributed by atoms with Gasteiger partial charge in [-0.05, 0) is 33.7 Å². The number of ether oxygens (including phenoxy) is 1. The molecule has 6 nitrogen and oxygen atoms in total. The quantitative estimate of drug-likeness (QED) is 0.705. The normalized spacial score (nSPS) is 23.6. The standard InChI is InChI=1S/C12H22N2O4/c1-8(2)14(3)7-6-13-11(15)9-4-5-10(18-9)12(16)17/h8-10H,4-7H2,1-3H3,(H,13,15)(H,16,17)/t9-,10+/m0/s1. The van der Waals surface area contributed by atoms with Crippen molar-refractivity contribution in [1.82, 2.24) is 10.2 Å². The zero-order valence-electron chi connectivity index (χ0n) is 11.2. The van der Waals surface area contributed by atoms with Crippen LogP contribution in [0.1, 0.15) is 26.7 Å². The number of hydrogen-bond acceptors (Lipinski definition) is 4. The van der Waals surface area contributed by atoms with Crippen molar-refractivity contribution in [2.75, 3.05) is 20.1 Å². The number of nitrogens with zero attached hydrogens (tertiary/aromatic N) is 1. The van der Waals surface area contributed by atoms with Gasteiger partial charge in [-0.3, -0.25) is 4.79 Å². The second-order valence-corrected chi connectivity index (χ2v) is 4.89. The van der Waals surface area contributed by atoms with E-state index >= 15 is 0 Å². The first-order valence-electron chi connectivity index (χ1n) is 6.28. The van der Waals surface area contributed by atoms with E-state index in [0.29, 0.717) is 25.4 Å². The van der Waals surface area contributed by atoms with E-state index in [0.717, 1.165) is 6.54 Å². The van der Waals surface area contributed by atoms with Crippen molar-refractivity contribution in [1.29, 1.82) is 0 Å². The number of carbonyl (C=O) groups is 2. The first kappa shape index (κ1) is 14.9. The Labute approximate surface area is 107 Å². The zero-order valence-corrected chi connectivity index (χ0v) is 11.2. The maximum Gasteiger partial charge on any atom is 0.332 e. The molecule has 1 amide bonds. The molecule has 0 spiro atoms. The lowest BCUT2D eigenvalue weighted by atomic mass is 10.2. The first-order chi connectivity index (χ1) is 8.41. The molecule has 1 rings (SSSR count). The summed E-state index contributed by atoms with van der Waals surface area (Å²) in [6.45, 7) is 5.47. The maximum atomic E-state index is 11.7. The maximum absolute atomic E-state index is 11.7. The Morgan fingerprint density at radius 1 is 1.39 bits per heavy atom. The second kappa shape index (κ2) is 6.70. The van der Waals surface area contributed by atoms with Crippen LogP contribution in [-0.2, 0) is 14.3 Å². The Bertz CT molecular complexity index is 306. The molecule has 0 radical (unpaired) electrons. The average Bonchev–Trinajstić information content (AvgIpc) is 2.77. The predicted octanol–water partition coefficient (Wildman–Crippen LogP) is 0.0750. The van der Waals surface area contributed by atoms with Crippen molar-refractivity contribution in [3.05, 3.63) is 0 Å². The van der Waals surface area contributed by atoms with Crippen molar-refractivity contribution in [3.63, 3.8) is 0 Å². The highest BCUT2D eigenvalue weighted by atomic mass is 16.5. The Morgan fingerprint density at radius 3 is 2.50 bits per heavy atom. The molecule has 0 aromatic rings. The van der Waals surface area contributed by atoms with Crippen molar-refractivity contribution in [3.8, 4) is 0 Å². The Kier molecular flexibility index (Phi) is 5.55. The van der Waals surface area contributed by atoms with Crippen LogP contribution in [0.3, 0.4) is 0 Å². The number of likely N-dealkylation sites (N-methyl/N-ethyl adjacent to an activating group) is 1. The number of carbonyl (C=O) groups excluding carboxylic acids is 1. The molecule has 18 heavy (non-hydrogen) atoms. The van der Waals surface area contributed by atoms with E-state index in [1.54, 1.807) is 0 Å². The molecular formula is C12H22N2O4. The third-order valence-corrected chi connectivity index (χ3v) is 3.23. The summed E-state index contributed by atoms with van der Waals surface area (Å²) in [6.07, 6.45) is -0.572. The van der Waals surface area contributed by atoms with Gasteiger partial charge in [0.1, 0.15) is 6.10 Å². The lowest BCUT2D eigenvalue weighted by Gasteiger charge is -2.21. The van der Waals surface area contributed by atoms with E-state index in [1.165, 1.54) is 0 Å². The van der Waals surface area contributed by atoms with Gasteiger partial charge in [-0.1, -0.05) is 0 Å². The average molecular weight is 258 g/mol. The van der Waals surface area contributed by atoms with Crippen molar-refractivity contribution < 1.29 is 19.4 Å². The van der Waals surface area contributed by atoms with Crippen molar-refractivity contribution in [2.45, 2.75) is 44.9 Å². The van der Waals surface area contributed by atoms with Crippen molar-refractivity contribution >= 4 is 11.9 Å². The van der Waals surface area contributed by atoms with Crippen molar-refractivity contribution in [2.24, 2.45) is 0 Å². The number of carboxylic acids is 1. The van der Waals surface area contributed by atoms with Gasteiger partial charge in [0.25, 0.3) is 0 Å². The Morgan fingerprint density at radius 2 is 2.00 bits per heavy atom. The molecule has 1 saturated heterocycles. The molecule has 0 bridgehead atoms. The number of aliphatic carboxylic acids is 1. The fourth-order valence-electron chi connectivity index (χ4n) is 1.74. The summed E-state index contributed by atoms with van der Waals surface area (Å²) in [5, 5.41) is 11.5. The van der Waals surface area contributed by atoms with Gasteiger partial charge in [-0.2, -0.15) is 0 Å². The van der Waals surface area contributed by atoms with E-state index in [9.17, 15) is 9.59 Å². The molecule has 0 unspecified atom stereocenters. The van der Waals surface area contributed by atoms with E-state index < -0.39 is 18.2 Å². The molecule has 1 aliphatic rings. The highest BCUT2D eigenvalue weighted by Gasteiger charge is 2.34. The molecule has 0 aromatic heterocycles. The fraction of sp³-hybridized carbons (Fsp3) is 0.833. The molecule has 1 aliphatic heterocycles. The molecule has 2 N–H and O–H groups in total. The van der Waals surface area contributed by atoms with Crippen LogP contribution in [0.2, 0.25) is 0 Å². The summed E-state index contributed by atoms with van der Waals surface area (Å²) in [6, 6.07) is 0.432. The summed E-state index contributed by atoms with van der Waals surface area (Å²) in [7, 11) is 1.99. The number of hydrogen-bond donors (Lipinski definition) is 2. The van der Waals surface area contributed by atoms with Crippen LogP contribution < -0.4 is 5.32 Å². The number of nitrogens with one attached hydrogen (secondary N) is 1. The monoisotopic (exact) mass is 258 g/mol. The van der Waals surface area contributed by atoms with Crippen LogP contribution >= 0.6 is 0 Å². The van der Waals surface area contributed by atoms with Gasteiger partial charge >= 0.3 is 5.97 Å². The van der Waals surface area contributed by atoms with E-state index in [1.807, 2.05) is 7.05 Å². The van der Waals surface area contributed by atoms with Gasteiger partial charge in [0.15, 0.2) is 6.10 Å². The SMILES string of the molecule is CC(C)N(C)CCNC(=O)[C@@H]1CC[C@H](C(=O)O)O1. The molecule has 2 atom stereocenters. The molecule has 104 valence electrons. The highest BCUT2D eigenvalue weighted by molar-refractivity contribution is 5.82. The largest absolute Gasteiger partial charge is 0.479 e. The smallest absolute Gasteiger partial charge is 0.332 e. The van der Waals surface area contributed by atoms with Crippen LogP contribution in [0.15, 0.2) is 0 Å². The number of rotatable bonds is 6. The third-order valence-electron chi connectivity index (χ3n) is 3.23. The summed E-state index contributed by atoms with van der Waals surface area (Å²) in [4.78, 5) is 24.5. The molecule has 1 heterocycles. The minimum atomic E-state index is -0.996. The van der Waals surface area contributed by atoms with Crippen LogP contribution in [0.25, 0.3) is 0 Å². The van der Waals surface area contributed by atoms with Gasteiger partial charge in [0.05, 0.1) is 0 Å². The lowest BCUT2D eigenvalue weighted by molar-refractivity contribution is -0.151. The second-order valence-electron chi connectivity index (χ2n) is 4.89. The minimum Gasteiger partial charge on any atom is -0.479 e. The highest BCUT2D eigenvalue weighted by Crippen LogP contribution is 2.19. The van der Waals surface area contributed by atoms with E-state index in [2.05, 4.69) is 24.1 Å². The lowest BCUT2D eigenvalue weighted by Crippen LogP contribution is -2.40. The van der Waals surface area contributed by atoms with Crippen LogP contribution in [0, 0.1) is 0 Å². The number of carboxylic acid groups (broad SMARTS) is 1. The zero-order chi connectivity index (χ0) is 13.7. The Hall–Kier alpha value is -1.14. The van der Waals surface area contributed by atoms with Crippen LogP contribution in [-0.4, -0.2) is 60.3 Å². The van der Waals surface area contributed by atoms with Gasteiger partial charge < -0.3 is 20.1 Å². The van der Waals surface area contributed by atoms with Gasteiger partial charge in [-0.15, -0.1) is 0 Å². The van der Waals surface area contributed by atoms with Gasteiger partial charge in [0, 0.05) is 19.1 Å². The third kappa shape index (κ3) is 4.27. The van der Waals surface area contributed by atoms with Gasteiger partial charge in [-0.25, -0.2) is 4.79 Å². The molecule has 0 saturated carbocycles. The van der Waals surface area contributed by atoms with Crippen LogP contribution in [0.4, 0.5) is 0 Å². The molecular weight excluding hydrogens is 236 g/mol. The molecule has 1 fully saturated rings. The summed E-state index contributed by atoms with van der Waals surface area (Å²) < 4.78 is 5.16. The Balaban J connectivity index is 2.24. The topological polar surface area (TPSA) is 78.9 Å².